The Balaban J connectivity index is 1.64. The molecule has 0 unspecified atom stereocenters. The molecule has 8 heteroatoms. The predicted octanol–water partition coefficient (Wildman–Crippen LogP) is 4.27. The lowest BCUT2D eigenvalue weighted by molar-refractivity contribution is -0.122. The summed E-state index contributed by atoms with van der Waals surface area (Å²) in [5.41, 5.74) is 0.852. The summed E-state index contributed by atoms with van der Waals surface area (Å²) in [6, 6.07) is 15.6. The standard InChI is InChI=1S/C22H15ClN2O5/c1-11-10-16(25-30-11)24-21(26)20-17(12-6-8-13(23)9-7-12)18-19(29-20)14-4-2-3-5-15(14)28-22(18)27/h2-10,17,20H,1H3,(H,24,25,26)/t17-,20+/m0/s1. The van der Waals surface area contributed by atoms with Gasteiger partial charge in [0.2, 0.25) is 0 Å². The number of hydrogen-bond acceptors (Lipinski definition) is 6. The number of halogens is 1. The Labute approximate surface area is 175 Å². The van der Waals surface area contributed by atoms with Gasteiger partial charge in [0.15, 0.2) is 11.9 Å². The first-order valence-corrected chi connectivity index (χ1v) is 9.61. The normalized spacial score (nSPS) is 17.5. The van der Waals surface area contributed by atoms with Crippen LogP contribution in [0.3, 0.4) is 0 Å². The van der Waals surface area contributed by atoms with Gasteiger partial charge in [0.1, 0.15) is 17.1 Å². The van der Waals surface area contributed by atoms with Crippen LogP contribution in [0, 0.1) is 6.92 Å². The topological polar surface area (TPSA) is 94.6 Å². The molecule has 3 heterocycles. The summed E-state index contributed by atoms with van der Waals surface area (Å²) >= 11 is 6.03. The minimum Gasteiger partial charge on any atom is -0.478 e. The van der Waals surface area contributed by atoms with Crippen LogP contribution in [0.1, 0.15) is 22.8 Å². The van der Waals surface area contributed by atoms with E-state index in [2.05, 4.69) is 10.5 Å². The zero-order chi connectivity index (χ0) is 20.8. The van der Waals surface area contributed by atoms with E-state index in [0.29, 0.717) is 38.6 Å². The third kappa shape index (κ3) is 3.04. The van der Waals surface area contributed by atoms with E-state index in [0.717, 1.165) is 0 Å². The van der Waals surface area contributed by atoms with E-state index in [-0.39, 0.29) is 5.82 Å². The lowest BCUT2D eigenvalue weighted by Crippen LogP contribution is -2.35. The second-order valence-corrected chi connectivity index (χ2v) is 7.44. The van der Waals surface area contributed by atoms with E-state index in [1.807, 2.05) is 6.07 Å². The first-order chi connectivity index (χ1) is 14.5. The van der Waals surface area contributed by atoms with Crippen molar-refractivity contribution in [2.24, 2.45) is 0 Å². The molecule has 150 valence electrons. The molecule has 0 spiro atoms. The Morgan fingerprint density at radius 3 is 2.63 bits per heavy atom. The van der Waals surface area contributed by atoms with Crippen LogP contribution in [0.4, 0.5) is 5.82 Å². The second kappa shape index (κ2) is 7.03. The van der Waals surface area contributed by atoms with Gasteiger partial charge in [0.05, 0.1) is 16.9 Å². The summed E-state index contributed by atoms with van der Waals surface area (Å²) in [5, 5.41) is 7.65. The fourth-order valence-corrected chi connectivity index (χ4v) is 3.84. The largest absolute Gasteiger partial charge is 0.478 e. The highest BCUT2D eigenvalue weighted by Gasteiger charge is 2.44. The van der Waals surface area contributed by atoms with Crippen LogP contribution in [-0.2, 0) is 4.79 Å². The maximum atomic E-state index is 13.1. The molecule has 1 amide bonds. The van der Waals surface area contributed by atoms with Crippen molar-refractivity contribution in [2.75, 3.05) is 5.32 Å². The molecule has 0 fully saturated rings. The molecule has 1 aliphatic heterocycles. The van der Waals surface area contributed by atoms with Crippen molar-refractivity contribution in [2.45, 2.75) is 18.9 Å². The van der Waals surface area contributed by atoms with E-state index >= 15 is 0 Å². The molecule has 0 aliphatic carbocycles. The molecule has 4 aromatic rings. The Kier molecular flexibility index (Phi) is 4.33. The maximum absolute atomic E-state index is 13.1. The average molecular weight is 423 g/mol. The summed E-state index contributed by atoms with van der Waals surface area (Å²) < 4.78 is 16.6. The Morgan fingerprint density at radius 2 is 1.90 bits per heavy atom. The number of fused-ring (bicyclic) bond motifs is 3. The van der Waals surface area contributed by atoms with Crippen LogP contribution in [0.25, 0.3) is 11.0 Å². The van der Waals surface area contributed by atoms with Gasteiger partial charge < -0.3 is 19.0 Å². The molecule has 0 radical (unpaired) electrons. The van der Waals surface area contributed by atoms with Crippen LogP contribution >= 0.6 is 11.6 Å². The molecule has 1 aliphatic rings. The summed E-state index contributed by atoms with van der Waals surface area (Å²) in [4.78, 5) is 26.0. The molecular weight excluding hydrogens is 408 g/mol. The highest BCUT2D eigenvalue weighted by molar-refractivity contribution is 6.30. The van der Waals surface area contributed by atoms with E-state index < -0.39 is 23.6 Å². The Hall–Kier alpha value is -3.58. The number of anilines is 1. The van der Waals surface area contributed by atoms with Crippen molar-refractivity contribution >= 4 is 34.3 Å². The first kappa shape index (κ1) is 18.4. The fraction of sp³-hybridized carbons (Fsp3) is 0.136. The number of nitrogens with one attached hydrogen (secondary N) is 1. The highest BCUT2D eigenvalue weighted by Crippen LogP contribution is 2.44. The SMILES string of the molecule is Cc1cc(NC(=O)[C@@H]2Oc3c(c(=O)oc4ccccc34)[C@@H]2c2ccc(Cl)cc2)no1. The van der Waals surface area contributed by atoms with Crippen molar-refractivity contribution in [3.8, 4) is 5.75 Å². The zero-order valence-electron chi connectivity index (χ0n) is 15.7. The molecular formula is C22H15ClN2O5. The Bertz CT molecular complexity index is 1330. The van der Waals surface area contributed by atoms with Gasteiger partial charge in [0, 0.05) is 11.1 Å². The minimum atomic E-state index is -1.01. The van der Waals surface area contributed by atoms with Crippen molar-refractivity contribution in [1.82, 2.24) is 5.16 Å². The smallest absolute Gasteiger partial charge is 0.344 e. The molecule has 0 bridgehead atoms. The number of carbonyl (C=O) groups is 1. The Morgan fingerprint density at radius 1 is 1.13 bits per heavy atom. The van der Waals surface area contributed by atoms with Crippen molar-refractivity contribution in [3.05, 3.63) is 86.9 Å². The molecule has 30 heavy (non-hydrogen) atoms. The number of nitrogens with zero attached hydrogens (tertiary/aromatic N) is 1. The maximum Gasteiger partial charge on any atom is 0.344 e. The first-order valence-electron chi connectivity index (χ1n) is 9.23. The number of rotatable bonds is 3. The van der Waals surface area contributed by atoms with Gasteiger partial charge in [-0.1, -0.05) is 41.0 Å². The fourth-order valence-electron chi connectivity index (χ4n) is 3.72. The minimum absolute atomic E-state index is 0.267. The van der Waals surface area contributed by atoms with E-state index in [9.17, 15) is 9.59 Å². The molecule has 0 saturated carbocycles. The number of aromatic nitrogens is 1. The highest BCUT2D eigenvalue weighted by atomic mass is 35.5. The number of amides is 1. The summed E-state index contributed by atoms with van der Waals surface area (Å²) in [5.74, 6) is 0.0398. The van der Waals surface area contributed by atoms with E-state index in [1.54, 1.807) is 55.5 Å². The number of benzene rings is 2. The molecule has 7 nitrogen and oxygen atoms in total. The zero-order valence-corrected chi connectivity index (χ0v) is 16.5. The number of carbonyl (C=O) groups excluding carboxylic acids is 1. The monoisotopic (exact) mass is 422 g/mol. The second-order valence-electron chi connectivity index (χ2n) is 7.01. The summed E-state index contributed by atoms with van der Waals surface area (Å²) in [7, 11) is 0. The number of hydrogen-bond donors (Lipinski definition) is 1. The molecule has 1 N–H and O–H groups in total. The number of ether oxygens (including phenoxy) is 1. The van der Waals surface area contributed by atoms with Gasteiger partial charge >= 0.3 is 5.63 Å². The van der Waals surface area contributed by atoms with E-state index in [4.69, 9.17) is 25.3 Å². The van der Waals surface area contributed by atoms with Crippen LogP contribution in [0.15, 0.2) is 68.3 Å². The van der Waals surface area contributed by atoms with Crippen LogP contribution in [0.5, 0.6) is 5.75 Å². The van der Waals surface area contributed by atoms with E-state index in [1.165, 1.54) is 0 Å². The van der Waals surface area contributed by atoms with Crippen molar-refractivity contribution in [1.29, 1.82) is 0 Å². The van der Waals surface area contributed by atoms with Gasteiger partial charge in [0.25, 0.3) is 5.91 Å². The van der Waals surface area contributed by atoms with Crippen molar-refractivity contribution in [3.63, 3.8) is 0 Å². The third-order valence-electron chi connectivity index (χ3n) is 5.02. The van der Waals surface area contributed by atoms with Crippen LogP contribution < -0.4 is 15.7 Å². The van der Waals surface area contributed by atoms with Gasteiger partial charge in [-0.3, -0.25) is 4.79 Å². The number of aryl methyl sites for hydroxylation is 1. The van der Waals surface area contributed by atoms with Gasteiger partial charge in [-0.05, 0) is 36.8 Å². The lowest BCUT2D eigenvalue weighted by Gasteiger charge is -2.18. The van der Waals surface area contributed by atoms with Crippen LogP contribution in [0.2, 0.25) is 5.02 Å². The molecule has 2 aromatic heterocycles. The molecule has 0 saturated heterocycles. The predicted molar refractivity (Wildman–Crippen MR) is 110 cm³/mol. The van der Waals surface area contributed by atoms with Gasteiger partial charge in [-0.15, -0.1) is 0 Å². The summed E-state index contributed by atoms with van der Waals surface area (Å²) in [6.45, 7) is 1.72. The third-order valence-corrected chi connectivity index (χ3v) is 5.28. The summed E-state index contributed by atoms with van der Waals surface area (Å²) in [6.07, 6.45) is -1.01. The average Bonchev–Trinajstić information content (AvgIpc) is 3.33. The molecule has 5 rings (SSSR count). The quantitative estimate of drug-likeness (QED) is 0.495. The lowest BCUT2D eigenvalue weighted by atomic mass is 9.88. The van der Waals surface area contributed by atoms with Gasteiger partial charge in [-0.25, -0.2) is 4.79 Å². The molecule has 2 atom stereocenters. The van der Waals surface area contributed by atoms with Gasteiger partial charge in [-0.2, -0.15) is 0 Å². The van der Waals surface area contributed by atoms with Crippen molar-refractivity contribution < 1.29 is 18.5 Å². The molecule has 2 aromatic carbocycles. The van der Waals surface area contributed by atoms with Crippen LogP contribution in [-0.4, -0.2) is 17.2 Å². The number of para-hydroxylation sites is 1.